The minimum Gasteiger partial charge on any atom is -0.444 e. The molecule has 29 heavy (non-hydrogen) atoms. The monoisotopic (exact) mass is 412 g/mol. The maximum atomic E-state index is 13.0. The van der Waals surface area contributed by atoms with E-state index in [1.54, 1.807) is 11.3 Å². The summed E-state index contributed by atoms with van der Waals surface area (Å²) in [5.74, 6) is -0.207. The van der Waals surface area contributed by atoms with Gasteiger partial charge < -0.3 is 10.1 Å². The van der Waals surface area contributed by atoms with Crippen molar-refractivity contribution in [1.29, 1.82) is 0 Å². The van der Waals surface area contributed by atoms with Crippen LogP contribution in [0.1, 0.15) is 33.6 Å². The highest BCUT2D eigenvalue weighted by Gasteiger charge is 2.36. The second-order valence-electron chi connectivity index (χ2n) is 8.09. The Morgan fingerprint density at radius 1 is 1.28 bits per heavy atom. The molecular weight excluding hydrogens is 388 g/mol. The van der Waals surface area contributed by atoms with Crippen molar-refractivity contribution in [2.75, 3.05) is 11.9 Å². The quantitative estimate of drug-likeness (QED) is 0.692. The fourth-order valence-electron chi connectivity index (χ4n) is 3.47. The lowest BCUT2D eigenvalue weighted by Crippen LogP contribution is -2.45. The largest absolute Gasteiger partial charge is 0.444 e. The average molecular weight is 413 g/mol. The molecule has 3 aromatic rings. The van der Waals surface area contributed by atoms with Crippen LogP contribution in [-0.4, -0.2) is 44.5 Å². The molecule has 1 N–H and O–H groups in total. The van der Waals surface area contributed by atoms with Crippen LogP contribution in [0.3, 0.4) is 0 Å². The molecule has 1 fully saturated rings. The number of thiazole rings is 1. The van der Waals surface area contributed by atoms with Gasteiger partial charge in [0.25, 0.3) is 0 Å². The van der Waals surface area contributed by atoms with Gasteiger partial charge in [-0.3, -0.25) is 14.1 Å². The van der Waals surface area contributed by atoms with Crippen LogP contribution < -0.4 is 5.32 Å². The maximum absolute atomic E-state index is 13.0. The number of rotatable bonds is 3. The van der Waals surface area contributed by atoms with E-state index in [-0.39, 0.29) is 5.91 Å². The van der Waals surface area contributed by atoms with E-state index in [0.717, 1.165) is 22.6 Å². The van der Waals surface area contributed by atoms with E-state index in [9.17, 15) is 9.59 Å². The minimum absolute atomic E-state index is 0.207. The van der Waals surface area contributed by atoms with Gasteiger partial charge in [0.2, 0.25) is 5.91 Å². The van der Waals surface area contributed by atoms with Gasteiger partial charge >= 0.3 is 6.09 Å². The summed E-state index contributed by atoms with van der Waals surface area (Å²) in [7, 11) is 0. The standard InChI is InChI=1S/C21H24N4O3S/c1-21(2,3)28-20(27)25-10-6-9-17(25)18(26)22-15-8-5-4-7-14(15)16-13-24-11-12-29-19(24)23-16/h4-5,7-8,11-13,17H,6,9-10H2,1-3H3,(H,22,26)/t17-/m0/s1. The molecule has 4 rings (SSSR count). The fourth-order valence-corrected chi connectivity index (χ4v) is 4.17. The highest BCUT2D eigenvalue weighted by atomic mass is 32.1. The first-order valence-electron chi connectivity index (χ1n) is 9.64. The molecule has 0 spiro atoms. The average Bonchev–Trinajstić information content (AvgIpc) is 3.36. The normalized spacial score (nSPS) is 16.9. The second kappa shape index (κ2) is 7.51. The van der Waals surface area contributed by atoms with Crippen LogP contribution >= 0.6 is 11.3 Å². The highest BCUT2D eigenvalue weighted by Crippen LogP contribution is 2.30. The Balaban J connectivity index is 1.54. The third-order valence-electron chi connectivity index (χ3n) is 4.74. The smallest absolute Gasteiger partial charge is 0.410 e. The summed E-state index contributed by atoms with van der Waals surface area (Å²) in [6.07, 6.45) is 4.84. The van der Waals surface area contributed by atoms with Gasteiger partial charge in [0.05, 0.1) is 11.4 Å². The molecule has 0 saturated carbocycles. The number of likely N-dealkylation sites (tertiary alicyclic amines) is 1. The van der Waals surface area contributed by atoms with Gasteiger partial charge in [-0.05, 0) is 39.7 Å². The second-order valence-corrected chi connectivity index (χ2v) is 8.96. The number of benzene rings is 1. The molecule has 152 valence electrons. The van der Waals surface area contributed by atoms with Crippen LogP contribution in [0.25, 0.3) is 16.2 Å². The lowest BCUT2D eigenvalue weighted by molar-refractivity contribution is -0.120. The van der Waals surface area contributed by atoms with Crippen LogP contribution in [0.5, 0.6) is 0 Å². The van der Waals surface area contributed by atoms with Crippen molar-refractivity contribution in [2.45, 2.75) is 45.3 Å². The predicted molar refractivity (Wildman–Crippen MR) is 113 cm³/mol. The number of para-hydroxylation sites is 1. The van der Waals surface area contributed by atoms with Crippen molar-refractivity contribution in [3.63, 3.8) is 0 Å². The van der Waals surface area contributed by atoms with Crippen LogP contribution in [0.4, 0.5) is 10.5 Å². The number of nitrogens with zero attached hydrogens (tertiary/aromatic N) is 3. The Morgan fingerprint density at radius 2 is 2.07 bits per heavy atom. The molecule has 2 aromatic heterocycles. The maximum Gasteiger partial charge on any atom is 0.410 e. The SMILES string of the molecule is CC(C)(C)OC(=O)N1CCC[C@H]1C(=O)Nc1ccccc1-c1cn2ccsc2n1. The van der Waals surface area contributed by atoms with Crippen LogP contribution in [0, 0.1) is 0 Å². The number of imidazole rings is 1. The number of fused-ring (bicyclic) bond motifs is 1. The Kier molecular flexibility index (Phi) is 5.04. The molecule has 1 aromatic carbocycles. The van der Waals surface area contributed by atoms with Crippen LogP contribution in [0.2, 0.25) is 0 Å². The Hall–Kier alpha value is -2.87. The Morgan fingerprint density at radius 3 is 2.83 bits per heavy atom. The molecular formula is C21H24N4O3S. The number of nitrogens with one attached hydrogen (secondary N) is 1. The zero-order valence-corrected chi connectivity index (χ0v) is 17.5. The first-order valence-corrected chi connectivity index (χ1v) is 10.5. The molecule has 1 aliphatic rings. The summed E-state index contributed by atoms with van der Waals surface area (Å²) in [5, 5.41) is 4.98. The number of anilines is 1. The predicted octanol–water partition coefficient (Wildman–Crippen LogP) is 4.40. The highest BCUT2D eigenvalue weighted by molar-refractivity contribution is 7.15. The number of hydrogen-bond acceptors (Lipinski definition) is 5. The van der Waals surface area contributed by atoms with Crippen LogP contribution in [-0.2, 0) is 9.53 Å². The van der Waals surface area contributed by atoms with E-state index >= 15 is 0 Å². The third-order valence-corrected chi connectivity index (χ3v) is 5.51. The number of ether oxygens (including phenoxy) is 1. The topological polar surface area (TPSA) is 75.9 Å². The molecule has 3 heterocycles. The molecule has 2 amide bonds. The summed E-state index contributed by atoms with van der Waals surface area (Å²) in [6.45, 7) is 5.98. The molecule has 8 heteroatoms. The van der Waals surface area contributed by atoms with Crippen molar-refractivity contribution in [2.24, 2.45) is 0 Å². The van der Waals surface area contributed by atoms with Gasteiger partial charge in [-0.15, -0.1) is 11.3 Å². The van der Waals surface area contributed by atoms with Gasteiger partial charge in [0.1, 0.15) is 11.6 Å². The lowest BCUT2D eigenvalue weighted by atomic mass is 10.1. The number of hydrogen-bond donors (Lipinski definition) is 1. The number of carbonyl (C=O) groups excluding carboxylic acids is 2. The molecule has 7 nitrogen and oxygen atoms in total. The van der Waals surface area contributed by atoms with E-state index in [0.29, 0.717) is 18.7 Å². The van der Waals surface area contributed by atoms with Gasteiger partial charge in [-0.2, -0.15) is 0 Å². The van der Waals surface area contributed by atoms with Crippen molar-refractivity contribution in [3.05, 3.63) is 42.0 Å². The van der Waals surface area contributed by atoms with E-state index in [2.05, 4.69) is 10.3 Å². The molecule has 1 saturated heterocycles. The van der Waals surface area contributed by atoms with E-state index in [1.807, 2.05) is 67.2 Å². The summed E-state index contributed by atoms with van der Waals surface area (Å²) in [6, 6.07) is 7.04. The fraction of sp³-hybridized carbons (Fsp3) is 0.381. The molecule has 1 aliphatic heterocycles. The number of carbonyl (C=O) groups is 2. The summed E-state index contributed by atoms with van der Waals surface area (Å²) in [4.78, 5) is 32.6. The third kappa shape index (κ3) is 4.12. The van der Waals surface area contributed by atoms with Gasteiger partial charge in [0, 0.05) is 29.9 Å². The lowest BCUT2D eigenvalue weighted by Gasteiger charge is -2.28. The molecule has 0 bridgehead atoms. The van der Waals surface area contributed by atoms with Crippen molar-refractivity contribution in [1.82, 2.24) is 14.3 Å². The van der Waals surface area contributed by atoms with Crippen molar-refractivity contribution < 1.29 is 14.3 Å². The first-order chi connectivity index (χ1) is 13.8. The summed E-state index contributed by atoms with van der Waals surface area (Å²) in [5.41, 5.74) is 1.72. The van der Waals surface area contributed by atoms with Crippen molar-refractivity contribution >= 4 is 34.0 Å². The van der Waals surface area contributed by atoms with Crippen molar-refractivity contribution in [3.8, 4) is 11.3 Å². The van der Waals surface area contributed by atoms with Gasteiger partial charge in [-0.25, -0.2) is 9.78 Å². The van der Waals surface area contributed by atoms with E-state index < -0.39 is 17.7 Å². The minimum atomic E-state index is -0.596. The Labute approximate surface area is 173 Å². The summed E-state index contributed by atoms with van der Waals surface area (Å²) < 4.78 is 7.42. The zero-order chi connectivity index (χ0) is 20.6. The van der Waals surface area contributed by atoms with E-state index in [4.69, 9.17) is 4.74 Å². The number of aromatic nitrogens is 2. The molecule has 0 aliphatic carbocycles. The zero-order valence-electron chi connectivity index (χ0n) is 16.7. The number of amides is 2. The van der Waals surface area contributed by atoms with Gasteiger partial charge in [-0.1, -0.05) is 18.2 Å². The first kappa shape index (κ1) is 19.4. The molecule has 1 atom stereocenters. The van der Waals surface area contributed by atoms with E-state index in [1.165, 1.54) is 4.90 Å². The molecule has 0 radical (unpaired) electrons. The summed E-state index contributed by atoms with van der Waals surface area (Å²) >= 11 is 1.56. The molecule has 0 unspecified atom stereocenters. The Bertz CT molecular complexity index is 1020. The van der Waals surface area contributed by atoms with Gasteiger partial charge in [0.15, 0.2) is 4.96 Å². The van der Waals surface area contributed by atoms with Crippen LogP contribution in [0.15, 0.2) is 42.0 Å².